The summed E-state index contributed by atoms with van der Waals surface area (Å²) in [5.41, 5.74) is 1.98. The van der Waals surface area contributed by atoms with Crippen molar-refractivity contribution < 1.29 is 9.59 Å². The molecule has 1 saturated carbocycles. The maximum atomic E-state index is 12.7. The average molecular weight is 414 g/mol. The summed E-state index contributed by atoms with van der Waals surface area (Å²) in [5.74, 6) is 1.16. The standard InChI is InChI=1S/C23H35N5O2/c1-24-22(26-17-23(12-4-5-13-23)21(30)27(2)3)25-15-18-8-10-19(11-9-18)16-28-14-6-7-20(28)29/h8-11H,4-7,12-17H2,1-3H3,(H2,24,25,26). The molecule has 2 aliphatic rings. The van der Waals surface area contributed by atoms with E-state index in [9.17, 15) is 9.59 Å². The molecule has 0 aromatic heterocycles. The second kappa shape index (κ2) is 9.96. The largest absolute Gasteiger partial charge is 0.355 e. The van der Waals surface area contributed by atoms with Crippen molar-refractivity contribution in [2.45, 2.75) is 51.6 Å². The molecule has 1 aliphatic carbocycles. The van der Waals surface area contributed by atoms with E-state index in [4.69, 9.17) is 0 Å². The van der Waals surface area contributed by atoms with Gasteiger partial charge in [-0.15, -0.1) is 0 Å². The van der Waals surface area contributed by atoms with E-state index in [1.54, 1.807) is 11.9 Å². The minimum atomic E-state index is -0.324. The van der Waals surface area contributed by atoms with E-state index >= 15 is 0 Å². The zero-order valence-electron chi connectivity index (χ0n) is 18.5. The van der Waals surface area contributed by atoms with Gasteiger partial charge in [0.15, 0.2) is 5.96 Å². The first-order valence-corrected chi connectivity index (χ1v) is 11.0. The smallest absolute Gasteiger partial charge is 0.230 e. The number of hydrogen-bond acceptors (Lipinski definition) is 3. The van der Waals surface area contributed by atoms with Crippen LogP contribution in [0.4, 0.5) is 0 Å². The molecule has 0 atom stereocenters. The van der Waals surface area contributed by atoms with Gasteiger partial charge in [0.2, 0.25) is 11.8 Å². The number of carbonyl (C=O) groups is 2. The Morgan fingerprint density at radius 1 is 1.10 bits per heavy atom. The molecule has 1 aliphatic heterocycles. The van der Waals surface area contributed by atoms with Crippen molar-refractivity contribution in [2.75, 3.05) is 34.2 Å². The maximum absolute atomic E-state index is 12.7. The van der Waals surface area contributed by atoms with E-state index < -0.39 is 0 Å². The molecule has 2 N–H and O–H groups in total. The van der Waals surface area contributed by atoms with Crippen molar-refractivity contribution in [1.29, 1.82) is 0 Å². The molecular formula is C23H35N5O2. The lowest BCUT2D eigenvalue weighted by atomic mass is 9.84. The predicted octanol–water partition coefficient (Wildman–Crippen LogP) is 2.12. The number of hydrogen-bond donors (Lipinski definition) is 2. The first kappa shape index (κ1) is 22.1. The van der Waals surface area contributed by atoms with Gasteiger partial charge in [-0.1, -0.05) is 37.1 Å². The molecule has 0 spiro atoms. The Morgan fingerprint density at radius 2 is 1.77 bits per heavy atom. The Kier molecular flexibility index (Phi) is 7.34. The molecule has 0 radical (unpaired) electrons. The van der Waals surface area contributed by atoms with Crippen LogP contribution in [0.1, 0.15) is 49.7 Å². The van der Waals surface area contributed by atoms with E-state index in [2.05, 4.69) is 39.9 Å². The second-order valence-electron chi connectivity index (χ2n) is 8.70. The molecule has 1 saturated heterocycles. The molecule has 2 fully saturated rings. The number of aliphatic imine (C=N–C) groups is 1. The van der Waals surface area contributed by atoms with Gasteiger partial charge in [-0.3, -0.25) is 14.6 Å². The molecule has 1 aromatic rings. The van der Waals surface area contributed by atoms with Crippen molar-refractivity contribution in [1.82, 2.24) is 20.4 Å². The van der Waals surface area contributed by atoms with Gasteiger partial charge in [0, 0.05) is 53.7 Å². The highest BCUT2D eigenvalue weighted by atomic mass is 16.2. The molecular weight excluding hydrogens is 378 g/mol. The summed E-state index contributed by atoms with van der Waals surface area (Å²) in [6.07, 6.45) is 5.69. The second-order valence-corrected chi connectivity index (χ2v) is 8.70. The maximum Gasteiger partial charge on any atom is 0.230 e. The monoisotopic (exact) mass is 413 g/mol. The molecule has 1 aromatic carbocycles. The van der Waals surface area contributed by atoms with Gasteiger partial charge in [0.25, 0.3) is 0 Å². The number of nitrogens with zero attached hydrogens (tertiary/aromatic N) is 3. The van der Waals surface area contributed by atoms with E-state index in [0.717, 1.165) is 49.8 Å². The lowest BCUT2D eigenvalue weighted by Crippen LogP contribution is -2.49. The molecule has 0 bridgehead atoms. The summed E-state index contributed by atoms with van der Waals surface area (Å²) >= 11 is 0. The molecule has 3 rings (SSSR count). The van der Waals surface area contributed by atoms with Crippen molar-refractivity contribution >= 4 is 17.8 Å². The Labute approximate surface area is 179 Å². The van der Waals surface area contributed by atoms with Gasteiger partial charge in [-0.05, 0) is 30.4 Å². The number of benzene rings is 1. The molecule has 0 unspecified atom stereocenters. The Balaban J connectivity index is 1.50. The van der Waals surface area contributed by atoms with Gasteiger partial charge in [-0.25, -0.2) is 0 Å². The lowest BCUT2D eigenvalue weighted by Gasteiger charge is -2.31. The van der Waals surface area contributed by atoms with Gasteiger partial charge in [-0.2, -0.15) is 0 Å². The van der Waals surface area contributed by atoms with Crippen LogP contribution in [-0.2, 0) is 22.7 Å². The van der Waals surface area contributed by atoms with Crippen molar-refractivity contribution in [3.63, 3.8) is 0 Å². The van der Waals surface area contributed by atoms with Gasteiger partial charge in [0.05, 0.1) is 5.41 Å². The third kappa shape index (κ3) is 5.32. The fourth-order valence-corrected chi connectivity index (χ4v) is 4.51. The van der Waals surface area contributed by atoms with Crippen molar-refractivity contribution in [3.8, 4) is 0 Å². The fraction of sp³-hybridized carbons (Fsp3) is 0.609. The zero-order valence-corrected chi connectivity index (χ0v) is 18.5. The third-order valence-corrected chi connectivity index (χ3v) is 6.27. The average Bonchev–Trinajstić information content (AvgIpc) is 3.38. The summed E-state index contributed by atoms with van der Waals surface area (Å²) in [7, 11) is 5.41. The summed E-state index contributed by atoms with van der Waals surface area (Å²) in [6.45, 7) is 2.81. The third-order valence-electron chi connectivity index (χ3n) is 6.27. The first-order chi connectivity index (χ1) is 14.4. The number of likely N-dealkylation sites (tertiary alicyclic amines) is 1. The summed E-state index contributed by atoms with van der Waals surface area (Å²) in [6, 6.07) is 8.35. The van der Waals surface area contributed by atoms with Gasteiger partial charge >= 0.3 is 0 Å². The van der Waals surface area contributed by atoms with Crippen LogP contribution in [0, 0.1) is 5.41 Å². The minimum absolute atomic E-state index is 0.204. The number of guanidine groups is 1. The highest BCUT2D eigenvalue weighted by molar-refractivity contribution is 5.85. The lowest BCUT2D eigenvalue weighted by molar-refractivity contribution is -0.138. The SMILES string of the molecule is CN=C(NCc1ccc(CN2CCCC2=O)cc1)NCC1(C(=O)N(C)C)CCCC1. The molecule has 164 valence electrons. The Morgan fingerprint density at radius 3 is 2.33 bits per heavy atom. The molecule has 1 heterocycles. The molecule has 7 nitrogen and oxygen atoms in total. The summed E-state index contributed by atoms with van der Waals surface area (Å²) < 4.78 is 0. The van der Waals surface area contributed by atoms with Crippen LogP contribution in [0.3, 0.4) is 0 Å². The van der Waals surface area contributed by atoms with Crippen LogP contribution < -0.4 is 10.6 Å². The van der Waals surface area contributed by atoms with E-state index in [0.29, 0.717) is 32.0 Å². The van der Waals surface area contributed by atoms with Gasteiger partial charge < -0.3 is 20.4 Å². The summed E-state index contributed by atoms with van der Waals surface area (Å²) in [5, 5.41) is 6.71. The number of rotatable bonds is 7. The van der Waals surface area contributed by atoms with Crippen molar-refractivity contribution in [2.24, 2.45) is 10.4 Å². The number of carbonyl (C=O) groups excluding carboxylic acids is 2. The van der Waals surface area contributed by atoms with Crippen LogP contribution >= 0.6 is 0 Å². The predicted molar refractivity (Wildman–Crippen MR) is 119 cm³/mol. The molecule has 30 heavy (non-hydrogen) atoms. The van der Waals surface area contributed by atoms with Crippen LogP contribution in [-0.4, -0.2) is 61.8 Å². The zero-order chi connectivity index (χ0) is 21.6. The van der Waals surface area contributed by atoms with E-state index in [-0.39, 0.29) is 17.2 Å². The Bertz CT molecular complexity index is 766. The molecule has 7 heteroatoms. The first-order valence-electron chi connectivity index (χ1n) is 11.0. The normalized spacial score (nSPS) is 18.6. The molecule has 2 amide bonds. The van der Waals surface area contributed by atoms with Crippen molar-refractivity contribution in [3.05, 3.63) is 35.4 Å². The number of nitrogens with one attached hydrogen (secondary N) is 2. The summed E-state index contributed by atoms with van der Waals surface area (Å²) in [4.78, 5) is 32.5. The van der Waals surface area contributed by atoms with E-state index in [1.165, 1.54) is 0 Å². The fourth-order valence-electron chi connectivity index (χ4n) is 4.51. The highest BCUT2D eigenvalue weighted by Crippen LogP contribution is 2.38. The van der Waals surface area contributed by atoms with Crippen LogP contribution in [0.2, 0.25) is 0 Å². The van der Waals surface area contributed by atoms with Gasteiger partial charge in [0.1, 0.15) is 0 Å². The van der Waals surface area contributed by atoms with E-state index in [1.807, 2.05) is 19.0 Å². The van der Waals surface area contributed by atoms with Crippen LogP contribution in [0.15, 0.2) is 29.3 Å². The topological polar surface area (TPSA) is 77.0 Å². The van der Waals surface area contributed by atoms with Crippen LogP contribution in [0.5, 0.6) is 0 Å². The quantitative estimate of drug-likeness (QED) is 0.530. The number of amides is 2. The van der Waals surface area contributed by atoms with Crippen LogP contribution in [0.25, 0.3) is 0 Å². The minimum Gasteiger partial charge on any atom is -0.355 e. The highest BCUT2D eigenvalue weighted by Gasteiger charge is 2.42. The Hall–Kier alpha value is -2.57.